The Morgan fingerprint density at radius 2 is 1.80 bits per heavy atom. The van der Waals surface area contributed by atoms with Gasteiger partial charge < -0.3 is 14.4 Å². The summed E-state index contributed by atoms with van der Waals surface area (Å²) in [7, 11) is 3.63. The van der Waals surface area contributed by atoms with Gasteiger partial charge in [-0.1, -0.05) is 12.1 Å². The Morgan fingerprint density at radius 1 is 1.08 bits per heavy atom. The van der Waals surface area contributed by atoms with Crippen molar-refractivity contribution >= 4 is 28.2 Å². The van der Waals surface area contributed by atoms with Gasteiger partial charge in [-0.15, -0.1) is 0 Å². The molecule has 128 valence electrons. The van der Waals surface area contributed by atoms with Gasteiger partial charge in [0, 0.05) is 31.0 Å². The van der Waals surface area contributed by atoms with Gasteiger partial charge in [-0.05, 0) is 43.3 Å². The van der Waals surface area contributed by atoms with Crippen molar-refractivity contribution in [2.45, 2.75) is 19.8 Å². The Labute approximate surface area is 147 Å². The standard InChI is InChI=1S/C20H21N3O2/c1-14(24)8-13-19-21-18-7-5-4-6-17(18)20(22-19)23(2)15-9-11-16(25-3)12-10-15/h4-7,9-12H,8,13H2,1-3H3. The average Bonchev–Trinajstić information content (AvgIpc) is 2.65. The van der Waals surface area contributed by atoms with Crippen molar-refractivity contribution in [3.05, 3.63) is 54.4 Å². The van der Waals surface area contributed by atoms with Crippen LogP contribution in [0.3, 0.4) is 0 Å². The summed E-state index contributed by atoms with van der Waals surface area (Å²) in [6.45, 7) is 1.59. The van der Waals surface area contributed by atoms with Crippen LogP contribution in [0.4, 0.5) is 11.5 Å². The predicted molar refractivity (Wildman–Crippen MR) is 99.6 cm³/mol. The molecule has 25 heavy (non-hydrogen) atoms. The fourth-order valence-corrected chi connectivity index (χ4v) is 2.69. The van der Waals surface area contributed by atoms with Crippen molar-refractivity contribution in [3.8, 4) is 5.75 Å². The number of hydrogen-bond donors (Lipinski definition) is 0. The molecule has 0 aliphatic heterocycles. The van der Waals surface area contributed by atoms with Gasteiger partial charge in [0.05, 0.1) is 12.6 Å². The number of methoxy groups -OCH3 is 1. The Hall–Kier alpha value is -2.95. The van der Waals surface area contributed by atoms with E-state index in [0.717, 1.165) is 28.2 Å². The molecule has 0 amide bonds. The molecule has 0 unspecified atom stereocenters. The number of Topliss-reactive ketones (excluding diaryl/α,β-unsaturated/α-hetero) is 1. The van der Waals surface area contributed by atoms with Crippen molar-refractivity contribution in [3.63, 3.8) is 0 Å². The first kappa shape index (κ1) is 16.9. The average molecular weight is 335 g/mol. The monoisotopic (exact) mass is 335 g/mol. The quantitative estimate of drug-likeness (QED) is 0.683. The van der Waals surface area contributed by atoms with E-state index in [-0.39, 0.29) is 5.78 Å². The third-order valence-electron chi connectivity index (χ3n) is 4.11. The summed E-state index contributed by atoms with van der Waals surface area (Å²) in [6, 6.07) is 15.8. The van der Waals surface area contributed by atoms with Crippen LogP contribution >= 0.6 is 0 Å². The summed E-state index contributed by atoms with van der Waals surface area (Å²) >= 11 is 0. The fraction of sp³-hybridized carbons (Fsp3) is 0.250. The molecule has 0 aliphatic carbocycles. The van der Waals surface area contributed by atoms with Gasteiger partial charge in [-0.25, -0.2) is 9.97 Å². The Balaban J connectivity index is 2.03. The maximum atomic E-state index is 11.3. The summed E-state index contributed by atoms with van der Waals surface area (Å²) < 4.78 is 5.22. The molecule has 0 radical (unpaired) electrons. The molecule has 0 bridgehead atoms. The maximum absolute atomic E-state index is 11.3. The summed E-state index contributed by atoms with van der Waals surface area (Å²) in [5.41, 5.74) is 1.88. The third-order valence-corrected chi connectivity index (χ3v) is 4.11. The number of carbonyl (C=O) groups is 1. The molecular formula is C20H21N3O2. The largest absolute Gasteiger partial charge is 0.497 e. The molecule has 0 fully saturated rings. The first-order valence-corrected chi connectivity index (χ1v) is 8.21. The van der Waals surface area contributed by atoms with E-state index in [4.69, 9.17) is 9.72 Å². The molecule has 0 saturated heterocycles. The lowest BCUT2D eigenvalue weighted by molar-refractivity contribution is -0.117. The highest BCUT2D eigenvalue weighted by atomic mass is 16.5. The second-order valence-corrected chi connectivity index (χ2v) is 5.94. The molecule has 0 N–H and O–H groups in total. The van der Waals surface area contributed by atoms with Gasteiger partial charge in [0.1, 0.15) is 23.2 Å². The predicted octanol–water partition coefficient (Wildman–Crippen LogP) is 3.93. The number of fused-ring (bicyclic) bond motifs is 1. The highest BCUT2D eigenvalue weighted by Gasteiger charge is 2.13. The first-order valence-electron chi connectivity index (χ1n) is 8.21. The highest BCUT2D eigenvalue weighted by molar-refractivity contribution is 5.91. The summed E-state index contributed by atoms with van der Waals surface area (Å²) in [5.74, 6) is 2.47. The van der Waals surface area contributed by atoms with Gasteiger partial charge in [0.15, 0.2) is 0 Å². The maximum Gasteiger partial charge on any atom is 0.144 e. The topological polar surface area (TPSA) is 55.3 Å². The van der Waals surface area contributed by atoms with Gasteiger partial charge >= 0.3 is 0 Å². The molecule has 3 rings (SSSR count). The Morgan fingerprint density at radius 3 is 2.48 bits per heavy atom. The van der Waals surface area contributed by atoms with Crippen molar-refractivity contribution in [1.82, 2.24) is 9.97 Å². The van der Waals surface area contributed by atoms with Crippen LogP contribution in [-0.2, 0) is 11.2 Å². The number of anilines is 2. The van der Waals surface area contributed by atoms with Gasteiger partial charge in [0.25, 0.3) is 0 Å². The summed E-state index contributed by atoms with van der Waals surface area (Å²) in [4.78, 5) is 22.7. The number of aryl methyl sites for hydroxylation is 1. The molecule has 5 nitrogen and oxygen atoms in total. The normalized spacial score (nSPS) is 10.7. The second-order valence-electron chi connectivity index (χ2n) is 5.94. The minimum Gasteiger partial charge on any atom is -0.497 e. The third kappa shape index (κ3) is 3.76. The van der Waals surface area contributed by atoms with E-state index < -0.39 is 0 Å². The van der Waals surface area contributed by atoms with Crippen LogP contribution in [0.2, 0.25) is 0 Å². The molecule has 0 aliphatic rings. The number of nitrogens with zero attached hydrogens (tertiary/aromatic N) is 3. The molecule has 1 heterocycles. The summed E-state index contributed by atoms with van der Waals surface area (Å²) in [5, 5.41) is 0.979. The van der Waals surface area contributed by atoms with Crippen LogP contribution in [0.15, 0.2) is 48.5 Å². The minimum atomic E-state index is 0.141. The number of ketones is 1. The van der Waals surface area contributed by atoms with E-state index in [1.165, 1.54) is 0 Å². The lowest BCUT2D eigenvalue weighted by atomic mass is 10.2. The smallest absolute Gasteiger partial charge is 0.144 e. The molecule has 0 spiro atoms. The molecule has 2 aromatic carbocycles. The van der Waals surface area contributed by atoms with Crippen LogP contribution in [0.1, 0.15) is 19.2 Å². The number of aromatic nitrogens is 2. The molecule has 3 aromatic rings. The minimum absolute atomic E-state index is 0.141. The number of ether oxygens (including phenoxy) is 1. The first-order chi connectivity index (χ1) is 12.1. The van der Waals surface area contributed by atoms with E-state index in [2.05, 4.69) is 4.98 Å². The SMILES string of the molecule is COc1ccc(N(C)c2nc(CCC(C)=O)nc3ccccc23)cc1. The molecule has 0 saturated carbocycles. The van der Waals surface area contributed by atoms with Crippen LogP contribution < -0.4 is 9.64 Å². The van der Waals surface area contributed by atoms with Gasteiger partial charge in [0.2, 0.25) is 0 Å². The number of hydrogen-bond acceptors (Lipinski definition) is 5. The highest BCUT2D eigenvalue weighted by Crippen LogP contribution is 2.29. The van der Waals surface area contributed by atoms with E-state index >= 15 is 0 Å². The Kier molecular flexibility index (Phi) is 4.93. The zero-order valence-corrected chi connectivity index (χ0v) is 14.7. The van der Waals surface area contributed by atoms with E-state index in [9.17, 15) is 4.79 Å². The molecule has 1 aromatic heterocycles. The van der Waals surface area contributed by atoms with Crippen molar-refractivity contribution in [2.24, 2.45) is 0 Å². The van der Waals surface area contributed by atoms with E-state index in [1.807, 2.05) is 60.5 Å². The summed E-state index contributed by atoms with van der Waals surface area (Å²) in [6.07, 6.45) is 0.994. The Bertz CT molecular complexity index is 891. The zero-order chi connectivity index (χ0) is 17.8. The van der Waals surface area contributed by atoms with Crippen LogP contribution in [-0.4, -0.2) is 29.9 Å². The fourth-order valence-electron chi connectivity index (χ4n) is 2.69. The van der Waals surface area contributed by atoms with Gasteiger partial charge in [-0.2, -0.15) is 0 Å². The number of rotatable bonds is 6. The van der Waals surface area contributed by atoms with E-state index in [0.29, 0.717) is 18.7 Å². The van der Waals surface area contributed by atoms with Crippen LogP contribution in [0, 0.1) is 0 Å². The lowest BCUT2D eigenvalue weighted by Gasteiger charge is -2.21. The van der Waals surface area contributed by atoms with Crippen LogP contribution in [0.5, 0.6) is 5.75 Å². The van der Waals surface area contributed by atoms with Gasteiger partial charge in [-0.3, -0.25) is 0 Å². The molecule has 0 atom stereocenters. The number of para-hydroxylation sites is 1. The molecular weight excluding hydrogens is 314 g/mol. The number of benzene rings is 2. The van der Waals surface area contributed by atoms with Crippen molar-refractivity contribution < 1.29 is 9.53 Å². The lowest BCUT2D eigenvalue weighted by Crippen LogP contribution is -2.14. The molecule has 5 heteroatoms. The second kappa shape index (κ2) is 7.30. The van der Waals surface area contributed by atoms with E-state index in [1.54, 1.807) is 14.0 Å². The number of carbonyl (C=O) groups excluding carboxylic acids is 1. The van der Waals surface area contributed by atoms with Crippen molar-refractivity contribution in [1.29, 1.82) is 0 Å². The van der Waals surface area contributed by atoms with Crippen LogP contribution in [0.25, 0.3) is 10.9 Å². The zero-order valence-electron chi connectivity index (χ0n) is 14.7. The van der Waals surface area contributed by atoms with Crippen molar-refractivity contribution in [2.75, 3.05) is 19.1 Å².